The zero-order valence-electron chi connectivity index (χ0n) is 9.70. The molecule has 0 aliphatic carbocycles. The largest absolute Gasteiger partial charge is 0.481 e. The summed E-state index contributed by atoms with van der Waals surface area (Å²) >= 11 is 0. The molecule has 0 aromatic heterocycles. The van der Waals surface area contributed by atoms with Gasteiger partial charge in [-0.25, -0.2) is 4.79 Å². The lowest BCUT2D eigenvalue weighted by Gasteiger charge is -2.12. The van der Waals surface area contributed by atoms with Gasteiger partial charge in [-0.05, 0) is 0 Å². The SMILES string of the molecule is O=C(O)COCCOCC(CC(=O)O)CC(=O)O. The highest BCUT2D eigenvalue weighted by molar-refractivity contribution is 5.70. The highest BCUT2D eigenvalue weighted by atomic mass is 16.5. The molecule has 104 valence electrons. The summed E-state index contributed by atoms with van der Waals surface area (Å²) in [6.07, 6.45) is -0.579. The van der Waals surface area contributed by atoms with Crippen molar-refractivity contribution in [2.24, 2.45) is 5.92 Å². The molecule has 0 radical (unpaired) electrons. The summed E-state index contributed by atoms with van der Waals surface area (Å²) in [6, 6.07) is 0. The van der Waals surface area contributed by atoms with Crippen molar-refractivity contribution in [3.63, 3.8) is 0 Å². The first-order chi connectivity index (χ1) is 8.41. The Morgan fingerprint density at radius 3 is 1.78 bits per heavy atom. The molecule has 0 amide bonds. The van der Waals surface area contributed by atoms with E-state index in [1.54, 1.807) is 0 Å². The van der Waals surface area contributed by atoms with E-state index in [2.05, 4.69) is 4.74 Å². The highest BCUT2D eigenvalue weighted by Gasteiger charge is 2.17. The first-order valence-electron chi connectivity index (χ1n) is 5.22. The molecule has 0 aromatic rings. The predicted octanol–water partition coefficient (Wildman–Crippen LogP) is -0.330. The molecule has 0 saturated carbocycles. The van der Waals surface area contributed by atoms with Gasteiger partial charge in [0.15, 0.2) is 0 Å². The molecule has 0 aromatic carbocycles. The number of carboxylic acid groups (broad SMARTS) is 3. The lowest BCUT2D eigenvalue weighted by Crippen LogP contribution is -2.19. The molecule has 0 atom stereocenters. The van der Waals surface area contributed by atoms with E-state index in [0.29, 0.717) is 0 Å². The van der Waals surface area contributed by atoms with Gasteiger partial charge >= 0.3 is 17.9 Å². The van der Waals surface area contributed by atoms with Crippen LogP contribution in [-0.4, -0.2) is 59.7 Å². The van der Waals surface area contributed by atoms with Crippen LogP contribution in [-0.2, 0) is 23.9 Å². The molecule has 0 spiro atoms. The van der Waals surface area contributed by atoms with Crippen molar-refractivity contribution in [1.82, 2.24) is 0 Å². The number of hydrogen-bond acceptors (Lipinski definition) is 5. The van der Waals surface area contributed by atoms with Crippen molar-refractivity contribution in [3.05, 3.63) is 0 Å². The summed E-state index contributed by atoms with van der Waals surface area (Å²) in [7, 11) is 0. The topological polar surface area (TPSA) is 130 Å². The molecule has 0 saturated heterocycles. The van der Waals surface area contributed by atoms with E-state index in [-0.39, 0.29) is 32.7 Å². The second-order valence-electron chi connectivity index (χ2n) is 3.58. The van der Waals surface area contributed by atoms with Crippen LogP contribution in [0.5, 0.6) is 0 Å². The van der Waals surface area contributed by atoms with E-state index in [9.17, 15) is 14.4 Å². The van der Waals surface area contributed by atoms with Gasteiger partial charge in [0.1, 0.15) is 6.61 Å². The Kier molecular flexibility index (Phi) is 8.50. The molecule has 0 aliphatic rings. The molecule has 0 rings (SSSR count). The quantitative estimate of drug-likeness (QED) is 0.432. The smallest absolute Gasteiger partial charge is 0.329 e. The fraction of sp³-hybridized carbons (Fsp3) is 0.700. The van der Waals surface area contributed by atoms with Crippen LogP contribution < -0.4 is 0 Å². The standard InChI is InChI=1S/C10H16O8/c11-8(12)3-7(4-9(13)14)5-17-1-2-18-6-10(15)16/h7H,1-6H2,(H,11,12)(H,13,14)(H,15,16). The zero-order valence-corrected chi connectivity index (χ0v) is 9.70. The van der Waals surface area contributed by atoms with Crippen molar-refractivity contribution < 1.29 is 39.2 Å². The first-order valence-corrected chi connectivity index (χ1v) is 5.22. The number of rotatable bonds is 11. The summed E-state index contributed by atoms with van der Waals surface area (Å²) in [5, 5.41) is 25.4. The molecule has 0 heterocycles. The maximum Gasteiger partial charge on any atom is 0.329 e. The molecule has 0 unspecified atom stereocenters. The average Bonchev–Trinajstić information content (AvgIpc) is 2.20. The minimum absolute atomic E-state index is 0.0188. The lowest BCUT2D eigenvalue weighted by molar-refractivity contribution is -0.144. The summed E-state index contributed by atoms with van der Waals surface area (Å²) in [5.41, 5.74) is 0. The summed E-state index contributed by atoms with van der Waals surface area (Å²) in [5.74, 6) is -3.89. The van der Waals surface area contributed by atoms with Crippen molar-refractivity contribution >= 4 is 17.9 Å². The monoisotopic (exact) mass is 264 g/mol. The molecule has 0 fully saturated rings. The molecule has 18 heavy (non-hydrogen) atoms. The minimum Gasteiger partial charge on any atom is -0.481 e. The van der Waals surface area contributed by atoms with Crippen LogP contribution in [0.25, 0.3) is 0 Å². The normalized spacial score (nSPS) is 10.5. The minimum atomic E-state index is -1.09. The molecular weight excluding hydrogens is 248 g/mol. The van der Waals surface area contributed by atoms with E-state index in [0.717, 1.165) is 0 Å². The molecule has 8 nitrogen and oxygen atoms in total. The van der Waals surface area contributed by atoms with Crippen LogP contribution in [0, 0.1) is 5.92 Å². The summed E-state index contributed by atoms with van der Waals surface area (Å²) < 4.78 is 9.72. The van der Waals surface area contributed by atoms with Crippen LogP contribution in [0.4, 0.5) is 0 Å². The van der Waals surface area contributed by atoms with Crippen molar-refractivity contribution in [2.75, 3.05) is 26.4 Å². The number of hydrogen-bond donors (Lipinski definition) is 3. The highest BCUT2D eigenvalue weighted by Crippen LogP contribution is 2.09. The average molecular weight is 264 g/mol. The Hall–Kier alpha value is -1.67. The van der Waals surface area contributed by atoms with Crippen LogP contribution in [0.15, 0.2) is 0 Å². The molecule has 0 aliphatic heterocycles. The summed E-state index contributed by atoms with van der Waals surface area (Å²) in [6.45, 7) is -0.311. The van der Waals surface area contributed by atoms with Gasteiger partial charge in [0.2, 0.25) is 0 Å². The molecule has 0 bridgehead atoms. The first kappa shape index (κ1) is 16.3. The summed E-state index contributed by atoms with van der Waals surface area (Å²) in [4.78, 5) is 31.0. The Morgan fingerprint density at radius 1 is 0.833 bits per heavy atom. The van der Waals surface area contributed by atoms with Gasteiger partial charge in [-0.2, -0.15) is 0 Å². The fourth-order valence-corrected chi connectivity index (χ4v) is 1.21. The molecular formula is C10H16O8. The second kappa shape index (κ2) is 9.37. The third-order valence-electron chi connectivity index (χ3n) is 1.88. The van der Waals surface area contributed by atoms with Crippen molar-refractivity contribution in [3.8, 4) is 0 Å². The Labute approximate surface area is 103 Å². The number of carboxylic acids is 3. The maximum atomic E-state index is 10.5. The predicted molar refractivity (Wildman–Crippen MR) is 57.3 cm³/mol. The third kappa shape index (κ3) is 10.8. The van der Waals surface area contributed by atoms with Crippen molar-refractivity contribution in [1.29, 1.82) is 0 Å². The zero-order chi connectivity index (χ0) is 14.0. The van der Waals surface area contributed by atoms with E-state index in [4.69, 9.17) is 20.1 Å². The number of carbonyl (C=O) groups is 3. The van der Waals surface area contributed by atoms with Gasteiger partial charge in [-0.3, -0.25) is 9.59 Å². The van der Waals surface area contributed by atoms with Gasteiger partial charge in [-0.1, -0.05) is 0 Å². The Bertz CT molecular complexity index is 272. The van der Waals surface area contributed by atoms with E-state index in [1.807, 2.05) is 0 Å². The molecule has 8 heteroatoms. The third-order valence-corrected chi connectivity index (χ3v) is 1.88. The van der Waals surface area contributed by atoms with E-state index < -0.39 is 30.4 Å². The van der Waals surface area contributed by atoms with Crippen LogP contribution >= 0.6 is 0 Å². The maximum absolute atomic E-state index is 10.5. The van der Waals surface area contributed by atoms with Gasteiger partial charge in [-0.15, -0.1) is 0 Å². The number of aliphatic carboxylic acids is 3. The van der Waals surface area contributed by atoms with Crippen LogP contribution in [0.3, 0.4) is 0 Å². The van der Waals surface area contributed by atoms with Crippen molar-refractivity contribution in [2.45, 2.75) is 12.8 Å². The fourth-order valence-electron chi connectivity index (χ4n) is 1.21. The van der Waals surface area contributed by atoms with Gasteiger partial charge in [0.05, 0.1) is 32.7 Å². The van der Waals surface area contributed by atoms with E-state index in [1.165, 1.54) is 0 Å². The van der Waals surface area contributed by atoms with Gasteiger partial charge in [0, 0.05) is 5.92 Å². The Balaban J connectivity index is 3.72. The van der Waals surface area contributed by atoms with Crippen LogP contribution in [0.2, 0.25) is 0 Å². The van der Waals surface area contributed by atoms with E-state index >= 15 is 0 Å². The van der Waals surface area contributed by atoms with Crippen LogP contribution in [0.1, 0.15) is 12.8 Å². The Morgan fingerprint density at radius 2 is 1.33 bits per heavy atom. The van der Waals surface area contributed by atoms with Gasteiger partial charge in [0.25, 0.3) is 0 Å². The number of ether oxygens (including phenoxy) is 2. The molecule has 3 N–H and O–H groups in total. The lowest BCUT2D eigenvalue weighted by atomic mass is 10.0. The van der Waals surface area contributed by atoms with Gasteiger partial charge < -0.3 is 24.8 Å². The second-order valence-corrected chi connectivity index (χ2v) is 3.58.